The molecule has 0 aliphatic carbocycles. The molecule has 25 heavy (non-hydrogen) atoms. The molecule has 0 unspecified atom stereocenters. The molecule has 0 spiro atoms. The van der Waals surface area contributed by atoms with Crippen LogP contribution in [0.15, 0.2) is 36.4 Å². The highest BCUT2D eigenvalue weighted by Gasteiger charge is 2.13. The topological polar surface area (TPSA) is 110 Å². The molecule has 8 nitrogen and oxygen atoms in total. The van der Waals surface area contributed by atoms with Crippen LogP contribution < -0.4 is 11.1 Å². The largest absolute Gasteiger partial charge is 0.367 e. The van der Waals surface area contributed by atoms with Crippen LogP contribution in [0.2, 0.25) is 0 Å². The van der Waals surface area contributed by atoms with Gasteiger partial charge in [-0.1, -0.05) is 30.3 Å². The van der Waals surface area contributed by atoms with E-state index in [1.165, 1.54) is 0 Å². The molecule has 4 aromatic rings. The summed E-state index contributed by atoms with van der Waals surface area (Å²) in [6.07, 6.45) is 0. The predicted molar refractivity (Wildman–Crippen MR) is 96.0 cm³/mol. The van der Waals surface area contributed by atoms with Crippen molar-refractivity contribution in [2.75, 3.05) is 11.1 Å². The smallest absolute Gasteiger partial charge is 0.239 e. The number of nitrogens with two attached hydrogens (primary N) is 1. The van der Waals surface area contributed by atoms with E-state index >= 15 is 0 Å². The van der Waals surface area contributed by atoms with Crippen LogP contribution in [0.4, 0.5) is 11.8 Å². The third-order valence-electron chi connectivity index (χ3n) is 4.11. The number of aromatic nitrogens is 6. The lowest BCUT2D eigenvalue weighted by molar-refractivity contribution is 0.887. The Balaban J connectivity index is 1.79. The van der Waals surface area contributed by atoms with E-state index in [-0.39, 0.29) is 5.95 Å². The van der Waals surface area contributed by atoms with Gasteiger partial charge in [0.05, 0.1) is 17.9 Å². The van der Waals surface area contributed by atoms with Gasteiger partial charge in [0.15, 0.2) is 5.65 Å². The Morgan fingerprint density at radius 1 is 1.16 bits per heavy atom. The van der Waals surface area contributed by atoms with Crippen molar-refractivity contribution in [3.8, 4) is 11.3 Å². The van der Waals surface area contributed by atoms with Crippen molar-refractivity contribution < 1.29 is 0 Å². The molecule has 3 aromatic heterocycles. The van der Waals surface area contributed by atoms with Gasteiger partial charge in [-0.2, -0.15) is 14.6 Å². The van der Waals surface area contributed by atoms with Crippen LogP contribution in [-0.2, 0) is 6.54 Å². The Morgan fingerprint density at radius 2 is 1.96 bits per heavy atom. The molecule has 3 heterocycles. The van der Waals surface area contributed by atoms with Crippen molar-refractivity contribution in [3.05, 3.63) is 53.5 Å². The quantitative estimate of drug-likeness (QED) is 0.528. The lowest BCUT2D eigenvalue weighted by Crippen LogP contribution is -2.08. The Bertz CT molecular complexity index is 1030. The van der Waals surface area contributed by atoms with E-state index in [0.717, 1.165) is 34.0 Å². The number of aryl methyl sites for hydroxylation is 2. The summed E-state index contributed by atoms with van der Waals surface area (Å²) in [5, 5.41) is 14.6. The summed E-state index contributed by atoms with van der Waals surface area (Å²) in [7, 11) is 0. The molecule has 0 saturated carbocycles. The van der Waals surface area contributed by atoms with Gasteiger partial charge in [-0.3, -0.25) is 5.10 Å². The van der Waals surface area contributed by atoms with Crippen molar-refractivity contribution >= 4 is 17.4 Å². The summed E-state index contributed by atoms with van der Waals surface area (Å²) in [5.41, 5.74) is 10.3. The zero-order valence-corrected chi connectivity index (χ0v) is 14.0. The highest BCUT2D eigenvalue weighted by Crippen LogP contribution is 2.24. The molecule has 0 atom stereocenters. The van der Waals surface area contributed by atoms with Gasteiger partial charge in [0, 0.05) is 17.2 Å². The number of nitrogens with zero attached hydrogens (tertiary/aromatic N) is 5. The molecular weight excluding hydrogens is 316 g/mol. The third-order valence-corrected chi connectivity index (χ3v) is 4.11. The average Bonchev–Trinajstić information content (AvgIpc) is 3.17. The van der Waals surface area contributed by atoms with Crippen molar-refractivity contribution in [3.63, 3.8) is 0 Å². The Labute approximate surface area is 144 Å². The van der Waals surface area contributed by atoms with E-state index in [1.807, 2.05) is 54.8 Å². The van der Waals surface area contributed by atoms with Gasteiger partial charge in [-0.15, -0.1) is 5.10 Å². The van der Waals surface area contributed by atoms with Crippen LogP contribution in [0.3, 0.4) is 0 Å². The number of aromatic amines is 1. The van der Waals surface area contributed by atoms with Gasteiger partial charge in [-0.25, -0.2) is 4.98 Å². The van der Waals surface area contributed by atoms with Crippen LogP contribution in [-0.4, -0.2) is 29.8 Å². The van der Waals surface area contributed by atoms with Crippen LogP contribution in [0.5, 0.6) is 0 Å². The minimum absolute atomic E-state index is 0.229. The van der Waals surface area contributed by atoms with Gasteiger partial charge < -0.3 is 11.1 Å². The monoisotopic (exact) mass is 334 g/mol. The maximum absolute atomic E-state index is 5.55. The van der Waals surface area contributed by atoms with Crippen molar-refractivity contribution in [2.45, 2.75) is 20.4 Å². The number of H-pyrrole nitrogens is 1. The summed E-state index contributed by atoms with van der Waals surface area (Å²) in [4.78, 5) is 8.90. The van der Waals surface area contributed by atoms with Crippen LogP contribution in [0, 0.1) is 13.8 Å². The first-order valence-electron chi connectivity index (χ1n) is 7.95. The molecule has 0 aliphatic rings. The standard InChI is InChI=1S/C17H18N8/c1-10-11(2)24-25-15(19-9-14-21-17(18)23-22-14)8-13(20-16(10)25)12-6-4-3-5-7-12/h3-8,19H,9H2,1-2H3,(H3,18,21,22,23). The molecule has 4 N–H and O–H groups in total. The molecule has 0 saturated heterocycles. The number of anilines is 2. The first kappa shape index (κ1) is 15.1. The van der Waals surface area contributed by atoms with E-state index in [1.54, 1.807) is 0 Å². The molecular formula is C17H18N8. The van der Waals surface area contributed by atoms with Gasteiger partial charge in [-0.05, 0) is 13.8 Å². The van der Waals surface area contributed by atoms with Crippen molar-refractivity contribution in [2.24, 2.45) is 0 Å². The van der Waals surface area contributed by atoms with E-state index in [0.29, 0.717) is 12.4 Å². The predicted octanol–water partition coefficient (Wildman–Crippen LogP) is 2.33. The Morgan fingerprint density at radius 3 is 2.68 bits per heavy atom. The number of nitrogen functional groups attached to an aromatic ring is 1. The summed E-state index contributed by atoms with van der Waals surface area (Å²) < 4.78 is 1.82. The number of rotatable bonds is 4. The molecule has 0 radical (unpaired) electrons. The fraction of sp³-hybridized carbons (Fsp3) is 0.176. The van der Waals surface area contributed by atoms with Gasteiger partial charge >= 0.3 is 0 Å². The summed E-state index contributed by atoms with van der Waals surface area (Å²) in [6.45, 7) is 4.46. The third kappa shape index (κ3) is 2.78. The Kier molecular flexibility index (Phi) is 3.57. The molecule has 0 fully saturated rings. The van der Waals surface area contributed by atoms with Crippen molar-refractivity contribution in [1.82, 2.24) is 29.8 Å². The van der Waals surface area contributed by atoms with E-state index in [2.05, 4.69) is 25.6 Å². The van der Waals surface area contributed by atoms with Gasteiger partial charge in [0.2, 0.25) is 5.95 Å². The van der Waals surface area contributed by atoms with Gasteiger partial charge in [0.1, 0.15) is 11.6 Å². The summed E-state index contributed by atoms with van der Waals surface area (Å²) in [6, 6.07) is 12.1. The second kappa shape index (κ2) is 5.90. The van der Waals surface area contributed by atoms with Crippen LogP contribution >= 0.6 is 0 Å². The zero-order valence-electron chi connectivity index (χ0n) is 14.0. The minimum Gasteiger partial charge on any atom is -0.367 e. The number of nitrogens with one attached hydrogen (secondary N) is 2. The molecule has 0 bridgehead atoms. The molecule has 8 heteroatoms. The fourth-order valence-corrected chi connectivity index (χ4v) is 2.68. The van der Waals surface area contributed by atoms with E-state index < -0.39 is 0 Å². The van der Waals surface area contributed by atoms with Crippen molar-refractivity contribution in [1.29, 1.82) is 0 Å². The SMILES string of the molecule is Cc1nn2c(NCc3nc(N)n[nH]3)cc(-c3ccccc3)nc2c1C. The van der Waals surface area contributed by atoms with Crippen LogP contribution in [0.25, 0.3) is 16.9 Å². The number of hydrogen-bond acceptors (Lipinski definition) is 6. The summed E-state index contributed by atoms with van der Waals surface area (Å²) >= 11 is 0. The summed E-state index contributed by atoms with van der Waals surface area (Å²) in [5.74, 6) is 1.71. The number of fused-ring (bicyclic) bond motifs is 1. The maximum Gasteiger partial charge on any atom is 0.239 e. The molecule has 0 aliphatic heterocycles. The van der Waals surface area contributed by atoms with E-state index in [9.17, 15) is 0 Å². The molecule has 1 aromatic carbocycles. The lowest BCUT2D eigenvalue weighted by Gasteiger charge is -2.10. The second-order valence-electron chi connectivity index (χ2n) is 5.83. The number of benzene rings is 1. The lowest BCUT2D eigenvalue weighted by atomic mass is 10.1. The Hall–Kier alpha value is -3.42. The second-order valence-corrected chi connectivity index (χ2v) is 5.83. The highest BCUT2D eigenvalue weighted by molar-refractivity contribution is 5.68. The molecule has 0 amide bonds. The fourth-order valence-electron chi connectivity index (χ4n) is 2.68. The average molecular weight is 334 g/mol. The van der Waals surface area contributed by atoms with Gasteiger partial charge in [0.25, 0.3) is 0 Å². The van der Waals surface area contributed by atoms with E-state index in [4.69, 9.17) is 10.7 Å². The first-order chi connectivity index (χ1) is 12.1. The minimum atomic E-state index is 0.229. The number of hydrogen-bond donors (Lipinski definition) is 3. The molecule has 4 rings (SSSR count). The highest BCUT2D eigenvalue weighted by atomic mass is 15.3. The van der Waals surface area contributed by atoms with Crippen LogP contribution in [0.1, 0.15) is 17.1 Å². The normalized spacial score (nSPS) is 11.1. The first-order valence-corrected chi connectivity index (χ1v) is 7.95. The maximum atomic E-state index is 5.55. The zero-order chi connectivity index (χ0) is 17.4. The molecule has 126 valence electrons.